The number of hydrogen-bond acceptors (Lipinski definition) is 11. The van der Waals surface area contributed by atoms with Crippen molar-refractivity contribution in [3.63, 3.8) is 0 Å². The maximum atomic E-state index is 13.2. The Morgan fingerprint density at radius 3 is 1.16 bits per heavy atom. The van der Waals surface area contributed by atoms with E-state index in [-0.39, 0.29) is 25.9 Å². The van der Waals surface area contributed by atoms with Gasteiger partial charge in [-0.2, -0.15) is 0 Å². The molecule has 482 valence electrons. The van der Waals surface area contributed by atoms with Gasteiger partial charge in [0.05, 0.1) is 6.61 Å². The number of hydrogen-bond donors (Lipinski definition) is 3. The van der Waals surface area contributed by atoms with E-state index in [9.17, 15) is 34.5 Å². The second-order valence-electron chi connectivity index (χ2n) is 22.4. The summed E-state index contributed by atoms with van der Waals surface area (Å²) in [5.41, 5.74) is 0. The van der Waals surface area contributed by atoms with E-state index < -0.39 is 67.3 Å². The van der Waals surface area contributed by atoms with E-state index in [4.69, 9.17) is 23.7 Å². The molecule has 0 aromatic rings. The topological polar surface area (TPSA) is 175 Å². The molecule has 6 unspecified atom stereocenters. The van der Waals surface area contributed by atoms with Gasteiger partial charge in [0.25, 0.3) is 0 Å². The third-order valence-corrected chi connectivity index (χ3v) is 14.5. The average molecular weight is 1190 g/mol. The van der Waals surface area contributed by atoms with Crippen LogP contribution in [-0.4, -0.2) is 89.2 Å². The standard InChI is InChI=1S/C73H118O12/c1-4-7-10-13-16-19-22-25-28-31-33-36-38-41-44-47-50-53-56-59-65(74)81-62-64(83-66(75)60-57-54-51-48-45-42-39-35-30-27-24-21-18-15-12-9-6-3)63-82-73-71(69(78)68(77)70(85-73)72(79)80)84-67(76)61-58-55-52-49-46-43-40-37-34-32-29-26-23-20-17-14-11-8-5-2/h9,12,16-21,25-30,33,36,39,42,48,51,64,68-71,73,77-78H,4-8,10-11,13-15,22-24,31-32,34-35,37-38,40-41,43-47,49-50,52-63H2,1-3H3,(H,79,80)/b12-9-,19-16-,20-17-,21-18-,28-25-,29-26-,30-27-,36-33-,42-39-,51-48-. The van der Waals surface area contributed by atoms with Gasteiger partial charge in [-0.25, -0.2) is 4.79 Å². The quantitative estimate of drug-likeness (QED) is 0.0228. The molecule has 0 bridgehead atoms. The zero-order chi connectivity index (χ0) is 61.7. The lowest BCUT2D eigenvalue weighted by atomic mass is 9.98. The van der Waals surface area contributed by atoms with E-state index in [1.54, 1.807) is 0 Å². The molecule has 3 N–H and O–H groups in total. The summed E-state index contributed by atoms with van der Waals surface area (Å²) in [6.45, 7) is 5.79. The van der Waals surface area contributed by atoms with Crippen LogP contribution in [0, 0.1) is 0 Å². The molecule has 1 rings (SSSR count). The Labute approximate surface area is 516 Å². The van der Waals surface area contributed by atoms with Crippen LogP contribution in [0.25, 0.3) is 0 Å². The van der Waals surface area contributed by atoms with Crippen LogP contribution in [0.15, 0.2) is 122 Å². The normalized spacial score (nSPS) is 18.2. The highest BCUT2D eigenvalue weighted by Gasteiger charge is 2.50. The minimum Gasteiger partial charge on any atom is -0.479 e. The predicted octanol–water partition coefficient (Wildman–Crippen LogP) is 18.3. The summed E-state index contributed by atoms with van der Waals surface area (Å²) in [6.07, 6.45) is 70.1. The second kappa shape index (κ2) is 59.5. The van der Waals surface area contributed by atoms with Crippen LogP contribution in [-0.2, 0) is 42.9 Å². The summed E-state index contributed by atoms with van der Waals surface area (Å²) in [4.78, 5) is 51.4. The second-order valence-corrected chi connectivity index (χ2v) is 22.4. The lowest BCUT2D eigenvalue weighted by Crippen LogP contribution is -2.61. The van der Waals surface area contributed by atoms with Crippen molar-refractivity contribution in [2.75, 3.05) is 13.2 Å². The Morgan fingerprint density at radius 2 is 0.753 bits per heavy atom. The first-order valence-electron chi connectivity index (χ1n) is 33.5. The molecule has 85 heavy (non-hydrogen) atoms. The zero-order valence-corrected chi connectivity index (χ0v) is 53.3. The van der Waals surface area contributed by atoms with Gasteiger partial charge in [-0.05, 0) is 128 Å². The van der Waals surface area contributed by atoms with Crippen molar-refractivity contribution in [2.24, 2.45) is 0 Å². The van der Waals surface area contributed by atoms with Gasteiger partial charge in [0.2, 0.25) is 0 Å². The third kappa shape index (κ3) is 48.9. The van der Waals surface area contributed by atoms with Crippen molar-refractivity contribution in [1.82, 2.24) is 0 Å². The highest BCUT2D eigenvalue weighted by atomic mass is 16.7. The maximum Gasteiger partial charge on any atom is 0.335 e. The van der Waals surface area contributed by atoms with E-state index >= 15 is 0 Å². The first-order valence-corrected chi connectivity index (χ1v) is 33.5. The Hall–Kier alpha value is -4.88. The number of carboxylic acids is 1. The zero-order valence-electron chi connectivity index (χ0n) is 53.3. The van der Waals surface area contributed by atoms with Crippen molar-refractivity contribution < 1.29 is 58.2 Å². The summed E-state index contributed by atoms with van der Waals surface area (Å²) in [6, 6.07) is 0. The van der Waals surface area contributed by atoms with Crippen LogP contribution in [0.1, 0.15) is 265 Å². The molecule has 0 saturated carbocycles. The molecule has 0 aromatic carbocycles. The Kier molecular flexibility index (Phi) is 54.6. The molecule has 1 saturated heterocycles. The molecule has 12 heteroatoms. The minimum absolute atomic E-state index is 0.0419. The molecule has 0 spiro atoms. The van der Waals surface area contributed by atoms with Crippen molar-refractivity contribution in [2.45, 2.75) is 302 Å². The number of carbonyl (C=O) groups excluding carboxylic acids is 3. The molecular weight excluding hydrogens is 1070 g/mol. The van der Waals surface area contributed by atoms with Crippen molar-refractivity contribution >= 4 is 23.9 Å². The van der Waals surface area contributed by atoms with Crippen LogP contribution < -0.4 is 0 Å². The summed E-state index contributed by atoms with van der Waals surface area (Å²) in [5, 5.41) is 31.6. The molecule has 0 aromatic heterocycles. The summed E-state index contributed by atoms with van der Waals surface area (Å²) >= 11 is 0. The fourth-order valence-electron chi connectivity index (χ4n) is 9.38. The highest BCUT2D eigenvalue weighted by Crippen LogP contribution is 2.26. The number of aliphatic hydroxyl groups is 2. The first-order chi connectivity index (χ1) is 41.6. The van der Waals surface area contributed by atoms with Gasteiger partial charge in [0.1, 0.15) is 18.8 Å². The maximum absolute atomic E-state index is 13.2. The fourth-order valence-corrected chi connectivity index (χ4v) is 9.38. The molecule has 1 aliphatic heterocycles. The van der Waals surface area contributed by atoms with Crippen LogP contribution >= 0.6 is 0 Å². The van der Waals surface area contributed by atoms with Crippen molar-refractivity contribution in [3.05, 3.63) is 122 Å². The van der Waals surface area contributed by atoms with Crippen LogP contribution in [0.4, 0.5) is 0 Å². The summed E-state index contributed by atoms with van der Waals surface area (Å²) < 4.78 is 28.5. The van der Waals surface area contributed by atoms with E-state index in [2.05, 4.69) is 130 Å². The van der Waals surface area contributed by atoms with Gasteiger partial charge < -0.3 is 39.0 Å². The number of rotatable bonds is 56. The van der Waals surface area contributed by atoms with E-state index in [1.807, 2.05) is 12.2 Å². The smallest absolute Gasteiger partial charge is 0.335 e. The van der Waals surface area contributed by atoms with Gasteiger partial charge in [-0.15, -0.1) is 0 Å². The number of esters is 3. The number of allylic oxidation sites excluding steroid dienone is 20. The summed E-state index contributed by atoms with van der Waals surface area (Å²) in [5.74, 6) is -3.23. The molecule has 0 amide bonds. The van der Waals surface area contributed by atoms with E-state index in [0.29, 0.717) is 25.7 Å². The fraction of sp³-hybridized carbons (Fsp3) is 0.671. The average Bonchev–Trinajstić information content (AvgIpc) is 3.53. The number of unbranched alkanes of at least 4 members (excludes halogenated alkanes) is 22. The lowest BCUT2D eigenvalue weighted by Gasteiger charge is -2.40. The Morgan fingerprint density at radius 1 is 0.400 bits per heavy atom. The monoisotopic (exact) mass is 1190 g/mol. The minimum atomic E-state index is -1.92. The molecule has 6 atom stereocenters. The van der Waals surface area contributed by atoms with Crippen LogP contribution in [0.5, 0.6) is 0 Å². The molecule has 0 aliphatic carbocycles. The van der Waals surface area contributed by atoms with Crippen molar-refractivity contribution in [1.29, 1.82) is 0 Å². The van der Waals surface area contributed by atoms with Gasteiger partial charge >= 0.3 is 23.9 Å². The lowest BCUT2D eigenvalue weighted by molar-refractivity contribution is -0.301. The van der Waals surface area contributed by atoms with E-state index in [0.717, 1.165) is 122 Å². The molecule has 0 radical (unpaired) electrons. The van der Waals surface area contributed by atoms with Crippen LogP contribution in [0.2, 0.25) is 0 Å². The highest BCUT2D eigenvalue weighted by molar-refractivity contribution is 5.74. The molecule has 1 heterocycles. The number of ether oxygens (including phenoxy) is 5. The Balaban J connectivity index is 2.70. The van der Waals surface area contributed by atoms with E-state index in [1.165, 1.54) is 77.0 Å². The predicted molar refractivity (Wildman–Crippen MR) is 349 cm³/mol. The Bertz CT molecular complexity index is 1940. The van der Waals surface area contributed by atoms with Gasteiger partial charge in [-0.3, -0.25) is 14.4 Å². The largest absolute Gasteiger partial charge is 0.479 e. The molecule has 1 aliphatic rings. The first kappa shape index (κ1) is 78.1. The van der Waals surface area contributed by atoms with Gasteiger partial charge in [0.15, 0.2) is 24.6 Å². The molecular formula is C73H118O12. The number of carboxylic acid groups (broad SMARTS) is 1. The third-order valence-electron chi connectivity index (χ3n) is 14.5. The van der Waals surface area contributed by atoms with Gasteiger partial charge in [0, 0.05) is 19.3 Å². The SMILES string of the molecule is CC/C=C\C/C=C\C/C=C\C/C=C\C/C=C\CCCC(=O)OC(COC(=O)CCCCCCCC/C=C\C/C=C\C/C=C\CCCCC)COC1OC(C(=O)O)C(O)C(O)C1OC(=O)CCCCCCCCCCC/C=C\C/C=C\CCCCC. The van der Waals surface area contributed by atoms with Gasteiger partial charge in [-0.1, -0.05) is 239 Å². The van der Waals surface area contributed by atoms with Crippen molar-refractivity contribution in [3.8, 4) is 0 Å². The number of carbonyl (C=O) groups is 4. The number of aliphatic hydroxyl groups excluding tert-OH is 2. The molecule has 12 nitrogen and oxygen atoms in total. The summed E-state index contributed by atoms with van der Waals surface area (Å²) in [7, 11) is 0. The van der Waals surface area contributed by atoms with Crippen LogP contribution in [0.3, 0.4) is 0 Å². The number of aliphatic carboxylic acids is 1. The molecule has 1 fully saturated rings.